The third-order valence-electron chi connectivity index (χ3n) is 18.2. The maximum Gasteiger partial charge on any atom is 0.170 e. The number of fused-ring (bicyclic) bond motifs is 6. The zero-order valence-corrected chi connectivity index (χ0v) is 48.2. The smallest absolute Gasteiger partial charge is 0.170 e. The lowest BCUT2D eigenvalue weighted by Crippen LogP contribution is -1.97. The Hall–Kier alpha value is -12.1. The van der Waals surface area contributed by atoms with Crippen LogP contribution in [-0.2, 0) is 0 Å². The number of hydrogen-bond acceptors (Lipinski definition) is 6. The molecule has 0 heterocycles. The minimum absolute atomic E-state index is 0.522. The van der Waals surface area contributed by atoms with Crippen molar-refractivity contribution in [2.24, 2.45) is 0 Å². The monoisotopic (exact) mass is 1150 g/mol. The molecule has 0 saturated carbocycles. The van der Waals surface area contributed by atoms with E-state index in [-0.39, 0.29) is 0 Å². The van der Waals surface area contributed by atoms with Crippen molar-refractivity contribution in [2.75, 3.05) is 0 Å². The summed E-state index contributed by atoms with van der Waals surface area (Å²) in [6.45, 7) is 0. The fourth-order valence-corrected chi connectivity index (χ4v) is 14.1. The molecular formula is C84H48O6. The normalized spacial score (nSPS) is 12.0. The molecule has 0 aliphatic rings. The van der Waals surface area contributed by atoms with E-state index >= 15 is 0 Å². The van der Waals surface area contributed by atoms with Crippen LogP contribution in [0.5, 0.6) is 69.0 Å². The Morgan fingerprint density at radius 3 is 0.600 bits per heavy atom. The zero-order valence-electron chi connectivity index (χ0n) is 48.2. The van der Waals surface area contributed by atoms with Crippen molar-refractivity contribution in [3.63, 3.8) is 0 Å². The molecule has 0 N–H and O–H groups in total. The molecule has 19 aromatic rings. The molecule has 19 aromatic carbocycles. The number of hydrogen-bond donors (Lipinski definition) is 0. The van der Waals surface area contributed by atoms with Crippen LogP contribution >= 0.6 is 0 Å². The predicted octanol–water partition coefficient (Wildman–Crippen LogP) is 24.6. The molecule has 0 amide bonds. The van der Waals surface area contributed by atoms with E-state index in [4.69, 9.17) is 28.4 Å². The lowest BCUT2D eigenvalue weighted by atomic mass is 9.92. The molecule has 0 unspecified atom stereocenters. The van der Waals surface area contributed by atoms with E-state index in [0.717, 1.165) is 80.8 Å². The van der Waals surface area contributed by atoms with Gasteiger partial charge in [0.25, 0.3) is 0 Å². The van der Waals surface area contributed by atoms with Gasteiger partial charge in [0, 0.05) is 32.3 Å². The van der Waals surface area contributed by atoms with E-state index in [1.807, 2.05) is 91.0 Å². The first kappa shape index (κ1) is 50.1. The second-order valence-electron chi connectivity index (χ2n) is 23.3. The van der Waals surface area contributed by atoms with Gasteiger partial charge >= 0.3 is 0 Å². The molecule has 0 aliphatic carbocycles. The highest BCUT2D eigenvalue weighted by molar-refractivity contribution is 6.29. The maximum absolute atomic E-state index is 7.38. The Bertz CT molecular complexity index is 5410. The molecule has 0 aromatic heterocycles. The van der Waals surface area contributed by atoms with Gasteiger partial charge in [-0.15, -0.1) is 0 Å². The Morgan fingerprint density at radius 2 is 0.344 bits per heavy atom. The standard InChI is InChI=1S/C84H48O6/c1-4-19-58(20-5-1)85-73-43-64-67(46-76(73)88-70-40-34-55-28-25-49-13-10-16-52-31-37-61(70)82(55)79(49)52)65-44-74(86-59-21-6-2-7-22-59)78(90-72-42-36-57-30-27-51-15-12-18-54-33-39-63(72)84(57)81(51)54)48-69(65)66-45-75(87-60-23-8-3-9-24-60)77(47-68(64)66)89-71-41-35-56-29-26-50-14-11-17-53-32-38-62(71)83(56)80(50)53/h1-48H. The second kappa shape index (κ2) is 19.7. The largest absolute Gasteiger partial charge is 0.453 e. The molecule has 90 heavy (non-hydrogen) atoms. The van der Waals surface area contributed by atoms with Gasteiger partial charge < -0.3 is 28.4 Å². The molecule has 19 rings (SSSR count). The minimum Gasteiger partial charge on any atom is -0.453 e. The quantitative estimate of drug-likeness (QED) is 0.114. The van der Waals surface area contributed by atoms with Gasteiger partial charge in [-0.3, -0.25) is 0 Å². The summed E-state index contributed by atoms with van der Waals surface area (Å²) < 4.78 is 43.3. The van der Waals surface area contributed by atoms with Crippen LogP contribution in [0, 0.1) is 0 Å². The summed E-state index contributed by atoms with van der Waals surface area (Å²) >= 11 is 0. The zero-order chi connectivity index (χ0) is 59.0. The first-order chi connectivity index (χ1) is 44.5. The van der Waals surface area contributed by atoms with Gasteiger partial charge in [0.15, 0.2) is 34.5 Å². The Balaban J connectivity index is 0.894. The lowest BCUT2D eigenvalue weighted by Gasteiger charge is -2.21. The van der Waals surface area contributed by atoms with Gasteiger partial charge in [-0.05, 0) is 206 Å². The summed E-state index contributed by atoms with van der Waals surface area (Å²) in [4.78, 5) is 0. The van der Waals surface area contributed by atoms with Crippen LogP contribution in [0.25, 0.3) is 129 Å². The van der Waals surface area contributed by atoms with Gasteiger partial charge in [-0.2, -0.15) is 0 Å². The van der Waals surface area contributed by atoms with Crippen molar-refractivity contribution in [2.45, 2.75) is 0 Å². The van der Waals surface area contributed by atoms with E-state index in [2.05, 4.69) is 200 Å². The first-order valence-corrected chi connectivity index (χ1v) is 30.3. The van der Waals surface area contributed by atoms with E-state index < -0.39 is 0 Å². The molecule has 0 fully saturated rings. The van der Waals surface area contributed by atoms with Crippen LogP contribution in [0.15, 0.2) is 291 Å². The van der Waals surface area contributed by atoms with Gasteiger partial charge in [0.1, 0.15) is 34.5 Å². The van der Waals surface area contributed by atoms with Gasteiger partial charge in [0.2, 0.25) is 0 Å². The molecule has 0 aliphatic heterocycles. The molecule has 0 radical (unpaired) electrons. The molecule has 420 valence electrons. The molecule has 0 bridgehead atoms. The molecule has 6 heteroatoms. The summed E-state index contributed by atoms with van der Waals surface area (Å²) in [6, 6.07) is 101. The Labute approximate surface area is 515 Å². The summed E-state index contributed by atoms with van der Waals surface area (Å²) in [5, 5.41) is 25.8. The van der Waals surface area contributed by atoms with Gasteiger partial charge in [0.05, 0.1) is 0 Å². The second-order valence-corrected chi connectivity index (χ2v) is 23.3. The van der Waals surface area contributed by atoms with Crippen molar-refractivity contribution in [3.05, 3.63) is 291 Å². The first-order valence-electron chi connectivity index (χ1n) is 30.3. The summed E-state index contributed by atoms with van der Waals surface area (Å²) in [5.41, 5.74) is 0. The topological polar surface area (TPSA) is 55.4 Å². The maximum atomic E-state index is 7.38. The third kappa shape index (κ3) is 7.98. The highest BCUT2D eigenvalue weighted by Gasteiger charge is 2.25. The fourth-order valence-electron chi connectivity index (χ4n) is 14.1. The van der Waals surface area contributed by atoms with E-state index in [1.165, 1.54) is 48.5 Å². The van der Waals surface area contributed by atoms with Crippen LogP contribution in [0.2, 0.25) is 0 Å². The highest BCUT2D eigenvalue weighted by atomic mass is 16.5. The van der Waals surface area contributed by atoms with Crippen molar-refractivity contribution >= 4 is 129 Å². The van der Waals surface area contributed by atoms with E-state index in [1.54, 1.807) is 0 Å². The van der Waals surface area contributed by atoms with Crippen molar-refractivity contribution in [1.29, 1.82) is 0 Å². The summed E-state index contributed by atoms with van der Waals surface area (Å²) in [5.74, 6) is 7.21. The average molecular weight is 1150 g/mol. The molecule has 0 spiro atoms. The van der Waals surface area contributed by atoms with Gasteiger partial charge in [-0.1, -0.05) is 182 Å². The molecule has 0 atom stereocenters. The predicted molar refractivity (Wildman–Crippen MR) is 369 cm³/mol. The van der Waals surface area contributed by atoms with Crippen molar-refractivity contribution in [3.8, 4) is 69.0 Å². The number of ether oxygens (including phenoxy) is 6. The van der Waals surface area contributed by atoms with Crippen LogP contribution in [0.1, 0.15) is 0 Å². The van der Waals surface area contributed by atoms with Crippen LogP contribution in [0.4, 0.5) is 0 Å². The molecule has 6 nitrogen and oxygen atoms in total. The van der Waals surface area contributed by atoms with E-state index in [0.29, 0.717) is 69.0 Å². The summed E-state index contributed by atoms with van der Waals surface area (Å²) in [7, 11) is 0. The van der Waals surface area contributed by atoms with Crippen molar-refractivity contribution in [1.82, 2.24) is 0 Å². The average Bonchev–Trinajstić information content (AvgIpc) is 1.11. The van der Waals surface area contributed by atoms with Crippen molar-refractivity contribution < 1.29 is 28.4 Å². The number of benzene rings is 19. The summed E-state index contributed by atoms with van der Waals surface area (Å²) in [6.07, 6.45) is 0. The SMILES string of the molecule is c1ccc(Oc2cc3c(cc2Oc2ccc4ccc5cccc6ccc2c4c56)c2cc(Oc4ccccc4)c(Oc4ccc5ccc6cccc7ccc4c5c67)cc2c2cc(Oc4ccccc4)c(Oc4ccc5ccc6cccc7ccc4c5c67)cc32)cc1. The fraction of sp³-hybridized carbons (Fsp3) is 0. The lowest BCUT2D eigenvalue weighted by molar-refractivity contribution is 0.421. The van der Waals surface area contributed by atoms with Crippen LogP contribution in [0.3, 0.4) is 0 Å². The third-order valence-corrected chi connectivity index (χ3v) is 18.2. The number of para-hydroxylation sites is 3. The van der Waals surface area contributed by atoms with Crippen LogP contribution in [-0.4, -0.2) is 0 Å². The minimum atomic E-state index is 0.522. The van der Waals surface area contributed by atoms with Crippen LogP contribution < -0.4 is 28.4 Å². The Kier molecular flexibility index (Phi) is 11.0. The molecule has 0 saturated heterocycles. The van der Waals surface area contributed by atoms with E-state index in [9.17, 15) is 0 Å². The van der Waals surface area contributed by atoms with Gasteiger partial charge in [-0.25, -0.2) is 0 Å². The number of rotatable bonds is 12. The highest BCUT2D eigenvalue weighted by Crippen LogP contribution is 2.53. The Morgan fingerprint density at radius 1 is 0.133 bits per heavy atom. The molecular weight excluding hydrogens is 1100 g/mol.